The standard InChI is InChI=1S/C25H43N7.C2H6/c1-7-19-15-24(32-14-10-11-18(32)3)31(6)22(17-27-4)20(19)16-28-23-13-9-12-21(29-23)25(26)30(5)8-2;1-2/h9,12-13,15,18,22-23,26-29H,7-8,10-11,14,16-17H2,1-6H3;1-2H3. The van der Waals surface area contributed by atoms with Crippen molar-refractivity contribution in [1.29, 1.82) is 5.41 Å². The Morgan fingerprint density at radius 3 is 2.62 bits per heavy atom. The molecule has 4 N–H and O–H groups in total. The lowest BCUT2D eigenvalue weighted by Crippen LogP contribution is -2.51. The van der Waals surface area contributed by atoms with E-state index in [0.717, 1.165) is 38.3 Å². The number of dihydropyridines is 1. The van der Waals surface area contributed by atoms with Crippen LogP contribution >= 0.6 is 0 Å². The second-order valence-corrected chi connectivity index (χ2v) is 9.11. The largest absolute Gasteiger partial charge is 0.363 e. The van der Waals surface area contributed by atoms with Crippen molar-refractivity contribution in [2.75, 3.05) is 47.3 Å². The third-order valence-corrected chi connectivity index (χ3v) is 7.07. The van der Waals surface area contributed by atoms with Crippen LogP contribution in [0.1, 0.15) is 53.9 Å². The fourth-order valence-corrected chi connectivity index (χ4v) is 4.91. The fraction of sp³-hybridized carbons (Fsp3) is 0.667. The Morgan fingerprint density at radius 2 is 2.03 bits per heavy atom. The van der Waals surface area contributed by atoms with Gasteiger partial charge in [0.05, 0.1) is 17.9 Å². The molecule has 192 valence electrons. The molecule has 3 heterocycles. The minimum absolute atomic E-state index is 0.00994. The van der Waals surface area contributed by atoms with E-state index in [4.69, 9.17) is 5.41 Å². The predicted molar refractivity (Wildman–Crippen MR) is 146 cm³/mol. The van der Waals surface area contributed by atoms with Crippen molar-refractivity contribution >= 4 is 5.84 Å². The number of likely N-dealkylation sites (N-methyl/N-ethyl adjacent to an activating group) is 3. The van der Waals surface area contributed by atoms with E-state index in [2.05, 4.69) is 65.7 Å². The second kappa shape index (κ2) is 13.6. The highest BCUT2D eigenvalue weighted by Gasteiger charge is 2.33. The summed E-state index contributed by atoms with van der Waals surface area (Å²) in [5, 5.41) is 19.0. The molecule has 1 fully saturated rings. The zero-order valence-corrected chi connectivity index (χ0v) is 22.8. The lowest BCUT2D eigenvalue weighted by Gasteiger charge is -2.43. The van der Waals surface area contributed by atoms with Gasteiger partial charge in [-0.3, -0.25) is 10.7 Å². The van der Waals surface area contributed by atoms with Gasteiger partial charge in [0.25, 0.3) is 0 Å². The molecule has 0 aromatic rings. The van der Waals surface area contributed by atoms with Crippen LogP contribution in [-0.4, -0.2) is 86.1 Å². The summed E-state index contributed by atoms with van der Waals surface area (Å²) in [6.45, 7) is 14.4. The SMILES string of the molecule is CC.CCC1=C(CNC2C=CC=C(C(=N)N(C)CC)N2)C(CNC)N(C)C(N2CCCC2C)=C1. The number of hydrogen-bond donors (Lipinski definition) is 4. The Kier molecular flexibility index (Phi) is 11.2. The van der Waals surface area contributed by atoms with Crippen LogP contribution in [0.2, 0.25) is 0 Å². The van der Waals surface area contributed by atoms with E-state index in [1.54, 1.807) is 0 Å². The first-order valence-corrected chi connectivity index (χ1v) is 13.2. The minimum atomic E-state index is 0.00994. The summed E-state index contributed by atoms with van der Waals surface area (Å²) in [7, 11) is 6.24. The molecule has 0 spiro atoms. The number of amidine groups is 1. The van der Waals surface area contributed by atoms with Crippen molar-refractivity contribution in [3.63, 3.8) is 0 Å². The predicted octanol–water partition coefficient (Wildman–Crippen LogP) is 3.47. The monoisotopic (exact) mass is 471 g/mol. The van der Waals surface area contributed by atoms with Crippen LogP contribution in [-0.2, 0) is 0 Å². The van der Waals surface area contributed by atoms with Gasteiger partial charge in [-0.05, 0) is 69.5 Å². The van der Waals surface area contributed by atoms with Crippen LogP contribution in [0, 0.1) is 5.41 Å². The minimum Gasteiger partial charge on any atom is -0.363 e. The first kappa shape index (κ1) is 28.0. The first-order valence-electron chi connectivity index (χ1n) is 13.2. The number of nitrogens with zero attached hydrogens (tertiary/aromatic N) is 3. The molecule has 0 radical (unpaired) electrons. The Morgan fingerprint density at radius 1 is 1.29 bits per heavy atom. The molecule has 0 aromatic carbocycles. The van der Waals surface area contributed by atoms with Crippen molar-refractivity contribution in [1.82, 2.24) is 30.7 Å². The Balaban J connectivity index is 0.00000199. The normalized spacial score (nSPS) is 24.3. The fourth-order valence-electron chi connectivity index (χ4n) is 4.91. The molecule has 34 heavy (non-hydrogen) atoms. The summed E-state index contributed by atoms with van der Waals surface area (Å²) in [6, 6.07) is 0.928. The maximum Gasteiger partial charge on any atom is 0.144 e. The number of hydrogen-bond acceptors (Lipinski definition) is 6. The van der Waals surface area contributed by atoms with Gasteiger partial charge in [0.15, 0.2) is 0 Å². The summed E-state index contributed by atoms with van der Waals surface area (Å²) in [6.07, 6.45) is 12.2. The Labute approximate surface area is 208 Å². The third-order valence-electron chi connectivity index (χ3n) is 7.07. The molecule has 0 bridgehead atoms. The second-order valence-electron chi connectivity index (χ2n) is 9.11. The van der Waals surface area contributed by atoms with E-state index < -0.39 is 0 Å². The highest BCUT2D eigenvalue weighted by atomic mass is 15.4. The molecule has 3 rings (SSSR count). The average molecular weight is 472 g/mol. The van der Waals surface area contributed by atoms with Gasteiger partial charge in [-0.25, -0.2) is 0 Å². The molecule has 0 amide bonds. The van der Waals surface area contributed by atoms with Crippen molar-refractivity contribution < 1.29 is 0 Å². The van der Waals surface area contributed by atoms with Gasteiger partial charge >= 0.3 is 0 Å². The first-order chi connectivity index (χ1) is 16.4. The summed E-state index contributed by atoms with van der Waals surface area (Å²) >= 11 is 0. The zero-order valence-electron chi connectivity index (χ0n) is 22.8. The zero-order chi connectivity index (χ0) is 25.3. The van der Waals surface area contributed by atoms with Crippen molar-refractivity contribution in [2.45, 2.75) is 72.1 Å². The van der Waals surface area contributed by atoms with E-state index in [1.807, 2.05) is 45.0 Å². The van der Waals surface area contributed by atoms with E-state index in [0.29, 0.717) is 17.9 Å². The van der Waals surface area contributed by atoms with Crippen LogP contribution in [0.5, 0.6) is 0 Å². The Hall–Kier alpha value is -2.25. The maximum absolute atomic E-state index is 8.40. The molecular weight excluding hydrogens is 422 g/mol. The van der Waals surface area contributed by atoms with Crippen molar-refractivity contribution in [2.24, 2.45) is 0 Å². The van der Waals surface area contributed by atoms with Crippen molar-refractivity contribution in [3.05, 3.63) is 47.0 Å². The molecule has 7 nitrogen and oxygen atoms in total. The molecule has 7 heteroatoms. The lowest BCUT2D eigenvalue weighted by molar-refractivity contribution is 0.194. The molecule has 0 aromatic heterocycles. The van der Waals surface area contributed by atoms with Gasteiger partial charge in [-0.15, -0.1) is 0 Å². The molecule has 0 aliphatic carbocycles. The van der Waals surface area contributed by atoms with Gasteiger partial charge < -0.3 is 25.3 Å². The summed E-state index contributed by atoms with van der Waals surface area (Å²) < 4.78 is 0. The molecular formula is C27H49N7. The smallest absolute Gasteiger partial charge is 0.144 e. The van der Waals surface area contributed by atoms with Crippen LogP contribution in [0.15, 0.2) is 47.0 Å². The van der Waals surface area contributed by atoms with Gasteiger partial charge in [0, 0.05) is 46.3 Å². The van der Waals surface area contributed by atoms with E-state index >= 15 is 0 Å². The van der Waals surface area contributed by atoms with Gasteiger partial charge in [-0.1, -0.05) is 26.8 Å². The molecule has 1 saturated heterocycles. The molecule has 0 saturated carbocycles. The molecule has 3 atom stereocenters. The highest BCUT2D eigenvalue weighted by molar-refractivity contribution is 5.95. The maximum atomic E-state index is 8.40. The van der Waals surface area contributed by atoms with E-state index in [-0.39, 0.29) is 6.17 Å². The number of rotatable bonds is 9. The van der Waals surface area contributed by atoms with Gasteiger partial charge in [0.1, 0.15) is 11.7 Å². The number of likely N-dealkylation sites (tertiary alicyclic amines) is 1. The molecule has 3 unspecified atom stereocenters. The number of nitrogens with one attached hydrogen (secondary N) is 4. The van der Waals surface area contributed by atoms with Crippen LogP contribution in [0.4, 0.5) is 0 Å². The van der Waals surface area contributed by atoms with Crippen LogP contribution in [0.3, 0.4) is 0 Å². The van der Waals surface area contributed by atoms with Gasteiger partial charge in [-0.2, -0.15) is 0 Å². The lowest BCUT2D eigenvalue weighted by atomic mass is 9.93. The van der Waals surface area contributed by atoms with Gasteiger partial charge in [0.2, 0.25) is 0 Å². The topological polar surface area (TPSA) is 69.7 Å². The van der Waals surface area contributed by atoms with Crippen LogP contribution < -0.4 is 16.0 Å². The summed E-state index contributed by atoms with van der Waals surface area (Å²) in [4.78, 5) is 6.99. The molecule has 3 aliphatic heterocycles. The van der Waals surface area contributed by atoms with Crippen LogP contribution in [0.25, 0.3) is 0 Å². The Bertz CT molecular complexity index is 795. The summed E-state index contributed by atoms with van der Waals surface area (Å²) in [5.74, 6) is 1.89. The highest BCUT2D eigenvalue weighted by Crippen LogP contribution is 2.32. The summed E-state index contributed by atoms with van der Waals surface area (Å²) in [5.41, 5.74) is 3.75. The quantitative estimate of drug-likeness (QED) is 0.305. The average Bonchev–Trinajstić information content (AvgIpc) is 3.30. The van der Waals surface area contributed by atoms with E-state index in [1.165, 1.54) is 29.8 Å². The molecule has 3 aliphatic rings. The van der Waals surface area contributed by atoms with Crippen molar-refractivity contribution in [3.8, 4) is 0 Å². The third kappa shape index (κ3) is 6.45. The van der Waals surface area contributed by atoms with E-state index in [9.17, 15) is 0 Å². The number of allylic oxidation sites excluding steroid dienone is 4.